The number of esters is 1. The summed E-state index contributed by atoms with van der Waals surface area (Å²) in [7, 11) is 1.41. The van der Waals surface area contributed by atoms with Gasteiger partial charge in [0.15, 0.2) is 0 Å². The minimum Gasteiger partial charge on any atom is -0.465 e. The Kier molecular flexibility index (Phi) is 4.72. The van der Waals surface area contributed by atoms with Gasteiger partial charge < -0.3 is 4.74 Å². The summed E-state index contributed by atoms with van der Waals surface area (Å²) in [6, 6.07) is 17.7. The molecule has 0 aliphatic heterocycles. The van der Waals surface area contributed by atoms with Crippen LogP contribution >= 0.6 is 0 Å². The number of carbonyl (C=O) groups excluding carboxylic acids is 1. The molecule has 0 bridgehead atoms. The number of carbonyl (C=O) groups is 1. The zero-order chi connectivity index (χ0) is 14.4. The molecular weight excluding hydrogens is 248 g/mol. The van der Waals surface area contributed by atoms with Crippen molar-refractivity contribution in [2.75, 3.05) is 7.11 Å². The van der Waals surface area contributed by atoms with Crippen LogP contribution in [0.3, 0.4) is 0 Å². The van der Waals surface area contributed by atoms with Crippen molar-refractivity contribution in [2.45, 2.75) is 12.3 Å². The molecule has 2 aromatic rings. The molecule has 0 aromatic heterocycles. The lowest BCUT2D eigenvalue weighted by Gasteiger charge is -2.19. The average molecular weight is 266 g/mol. The fourth-order valence-electron chi connectivity index (χ4n) is 2.39. The van der Waals surface area contributed by atoms with Crippen LogP contribution < -0.4 is 0 Å². The Labute approximate surface area is 119 Å². The largest absolute Gasteiger partial charge is 0.465 e. The van der Waals surface area contributed by atoms with Gasteiger partial charge in [-0.25, -0.2) is 4.79 Å². The Balaban J connectivity index is 2.50. The van der Waals surface area contributed by atoms with Crippen LogP contribution in [-0.2, 0) is 4.74 Å². The van der Waals surface area contributed by atoms with Gasteiger partial charge in [-0.2, -0.15) is 0 Å². The Morgan fingerprint density at radius 1 is 1.15 bits per heavy atom. The van der Waals surface area contributed by atoms with Crippen molar-refractivity contribution in [3.63, 3.8) is 0 Å². The molecule has 102 valence electrons. The summed E-state index contributed by atoms with van der Waals surface area (Å²) in [6.07, 6.45) is 2.66. The highest BCUT2D eigenvalue weighted by molar-refractivity contribution is 5.91. The summed E-state index contributed by atoms with van der Waals surface area (Å²) in [4.78, 5) is 11.9. The quantitative estimate of drug-likeness (QED) is 0.599. The van der Waals surface area contributed by atoms with E-state index in [2.05, 4.69) is 18.7 Å². The van der Waals surface area contributed by atoms with Crippen molar-refractivity contribution in [3.8, 4) is 0 Å². The first-order valence-electron chi connectivity index (χ1n) is 6.61. The highest BCUT2D eigenvalue weighted by atomic mass is 16.5. The van der Waals surface area contributed by atoms with Crippen molar-refractivity contribution in [2.24, 2.45) is 0 Å². The summed E-state index contributed by atoms with van der Waals surface area (Å²) in [5.41, 5.74) is 2.76. The maximum absolute atomic E-state index is 11.9. The van der Waals surface area contributed by atoms with E-state index in [-0.39, 0.29) is 11.9 Å². The van der Waals surface area contributed by atoms with Gasteiger partial charge in [0.25, 0.3) is 0 Å². The van der Waals surface area contributed by atoms with Crippen LogP contribution in [0, 0.1) is 0 Å². The third-order valence-electron chi connectivity index (χ3n) is 3.35. The van der Waals surface area contributed by atoms with Crippen LogP contribution in [0.4, 0.5) is 0 Å². The van der Waals surface area contributed by atoms with Gasteiger partial charge in [0.2, 0.25) is 0 Å². The lowest BCUT2D eigenvalue weighted by molar-refractivity contribution is 0.0599. The summed E-state index contributed by atoms with van der Waals surface area (Å²) in [6.45, 7) is 3.83. The van der Waals surface area contributed by atoms with E-state index in [1.165, 1.54) is 12.7 Å². The number of benzene rings is 2. The summed E-state index contributed by atoms with van der Waals surface area (Å²) in [5, 5.41) is 0. The smallest absolute Gasteiger partial charge is 0.338 e. The fourth-order valence-corrected chi connectivity index (χ4v) is 2.39. The normalized spacial score (nSPS) is 11.7. The van der Waals surface area contributed by atoms with Crippen LogP contribution in [-0.4, -0.2) is 13.1 Å². The number of hydrogen-bond acceptors (Lipinski definition) is 2. The molecule has 0 amide bonds. The van der Waals surface area contributed by atoms with Crippen molar-refractivity contribution >= 4 is 5.97 Å². The molecule has 20 heavy (non-hydrogen) atoms. The van der Waals surface area contributed by atoms with Gasteiger partial charge in [-0.3, -0.25) is 0 Å². The van der Waals surface area contributed by atoms with Gasteiger partial charge in [0, 0.05) is 5.92 Å². The van der Waals surface area contributed by atoms with Gasteiger partial charge in [-0.05, 0) is 23.6 Å². The summed E-state index contributed by atoms with van der Waals surface area (Å²) >= 11 is 0. The molecule has 2 aromatic carbocycles. The predicted octanol–water partition coefficient (Wildman–Crippen LogP) is 4.18. The highest BCUT2D eigenvalue weighted by Crippen LogP contribution is 2.31. The molecule has 0 saturated carbocycles. The molecule has 2 rings (SSSR count). The second kappa shape index (κ2) is 6.71. The van der Waals surface area contributed by atoms with Gasteiger partial charge in [0.1, 0.15) is 0 Å². The van der Waals surface area contributed by atoms with Crippen LogP contribution in [0.2, 0.25) is 0 Å². The molecule has 0 heterocycles. The van der Waals surface area contributed by atoms with Crippen molar-refractivity contribution in [3.05, 3.63) is 83.9 Å². The van der Waals surface area contributed by atoms with E-state index in [1.54, 1.807) is 6.07 Å². The van der Waals surface area contributed by atoms with E-state index < -0.39 is 0 Å². The Morgan fingerprint density at radius 2 is 1.80 bits per heavy atom. The molecule has 1 atom stereocenters. The van der Waals surface area contributed by atoms with E-state index in [9.17, 15) is 4.79 Å². The van der Waals surface area contributed by atoms with E-state index in [4.69, 9.17) is 4.74 Å². The second-order valence-corrected chi connectivity index (χ2v) is 4.57. The molecule has 0 aliphatic carbocycles. The van der Waals surface area contributed by atoms with Crippen molar-refractivity contribution < 1.29 is 9.53 Å². The van der Waals surface area contributed by atoms with Gasteiger partial charge in [0.05, 0.1) is 12.7 Å². The predicted molar refractivity (Wildman–Crippen MR) is 80.9 cm³/mol. The van der Waals surface area contributed by atoms with E-state index >= 15 is 0 Å². The Morgan fingerprint density at radius 3 is 2.45 bits per heavy atom. The molecule has 0 spiro atoms. The number of hydrogen-bond donors (Lipinski definition) is 0. The fraction of sp³-hybridized carbons (Fsp3) is 0.167. The molecular formula is C18H18O2. The van der Waals surface area contributed by atoms with Gasteiger partial charge in [-0.1, -0.05) is 54.6 Å². The molecule has 1 unspecified atom stereocenters. The van der Waals surface area contributed by atoms with Crippen LogP contribution in [0.25, 0.3) is 0 Å². The third-order valence-corrected chi connectivity index (χ3v) is 3.35. The van der Waals surface area contributed by atoms with E-state index in [0.29, 0.717) is 5.56 Å². The van der Waals surface area contributed by atoms with Crippen LogP contribution in [0.15, 0.2) is 67.3 Å². The minimum atomic E-state index is -0.300. The zero-order valence-electron chi connectivity index (χ0n) is 11.6. The maximum atomic E-state index is 11.9. The zero-order valence-corrected chi connectivity index (χ0v) is 11.6. The van der Waals surface area contributed by atoms with Crippen molar-refractivity contribution in [1.82, 2.24) is 0 Å². The Hall–Kier alpha value is -2.35. The average Bonchev–Trinajstić information content (AvgIpc) is 2.53. The summed E-state index contributed by atoms with van der Waals surface area (Å²) < 4.78 is 4.88. The van der Waals surface area contributed by atoms with Crippen molar-refractivity contribution in [1.29, 1.82) is 0 Å². The van der Waals surface area contributed by atoms with Gasteiger partial charge >= 0.3 is 5.97 Å². The molecule has 2 nitrogen and oxygen atoms in total. The SMILES string of the molecule is C=CCC(c1ccccc1)c1ccccc1C(=O)OC. The number of allylic oxidation sites excluding steroid dienone is 1. The number of rotatable bonds is 5. The molecule has 0 fully saturated rings. The minimum absolute atomic E-state index is 0.115. The molecule has 2 heteroatoms. The number of methoxy groups -OCH3 is 1. The second-order valence-electron chi connectivity index (χ2n) is 4.57. The maximum Gasteiger partial charge on any atom is 0.338 e. The molecule has 0 radical (unpaired) electrons. The highest BCUT2D eigenvalue weighted by Gasteiger charge is 2.19. The van der Waals surface area contributed by atoms with Gasteiger partial charge in [-0.15, -0.1) is 6.58 Å². The Bertz CT molecular complexity index is 587. The lowest BCUT2D eigenvalue weighted by Crippen LogP contribution is -2.10. The van der Waals surface area contributed by atoms with Crippen LogP contribution in [0.5, 0.6) is 0 Å². The first-order chi connectivity index (χ1) is 9.77. The number of ether oxygens (including phenoxy) is 1. The topological polar surface area (TPSA) is 26.3 Å². The first kappa shape index (κ1) is 14.1. The molecule has 0 saturated heterocycles. The third kappa shape index (κ3) is 2.97. The lowest BCUT2D eigenvalue weighted by atomic mass is 9.86. The molecule has 0 aliphatic rings. The summed E-state index contributed by atoms with van der Waals surface area (Å²) in [5.74, 6) is -0.186. The van der Waals surface area contributed by atoms with E-state index in [1.807, 2.05) is 42.5 Å². The van der Waals surface area contributed by atoms with Crippen LogP contribution in [0.1, 0.15) is 33.8 Å². The monoisotopic (exact) mass is 266 g/mol. The first-order valence-corrected chi connectivity index (χ1v) is 6.61. The standard InChI is InChI=1S/C18H18O2/c1-3-9-15(14-10-5-4-6-11-14)16-12-7-8-13-17(16)18(19)20-2/h3-8,10-13,15H,1,9H2,2H3. The molecule has 0 N–H and O–H groups in total. The van der Waals surface area contributed by atoms with E-state index in [0.717, 1.165) is 12.0 Å².